The molecule has 0 radical (unpaired) electrons. The molecule has 0 amide bonds. The molecule has 0 aromatic heterocycles. The smallest absolute Gasteiger partial charge is 0.177 e. The van der Waals surface area contributed by atoms with Crippen molar-refractivity contribution in [2.24, 2.45) is 0 Å². The number of rotatable bonds is 5. The summed E-state index contributed by atoms with van der Waals surface area (Å²) in [5.74, 6) is 0.769. The number of carbonyl (C=O) groups excluding carboxylic acids is 1. The Hall–Kier alpha value is -1.37. The third-order valence-electron chi connectivity index (χ3n) is 7.84. The summed E-state index contributed by atoms with van der Waals surface area (Å²) in [7, 11) is 0. The van der Waals surface area contributed by atoms with Crippen LogP contribution in [0.4, 0.5) is 0 Å². The quantitative estimate of drug-likeness (QED) is 0.674. The van der Waals surface area contributed by atoms with Crippen molar-refractivity contribution >= 4 is 22.8 Å². The van der Waals surface area contributed by atoms with Crippen molar-refractivity contribution in [1.29, 1.82) is 0 Å². The van der Waals surface area contributed by atoms with E-state index >= 15 is 0 Å². The van der Waals surface area contributed by atoms with Gasteiger partial charge < -0.3 is 14.6 Å². The molecule has 1 saturated carbocycles. The highest BCUT2D eigenvalue weighted by Gasteiger charge is 2.78. The van der Waals surface area contributed by atoms with Gasteiger partial charge in [-0.05, 0) is 44.2 Å². The zero-order chi connectivity index (χ0) is 19.7. The minimum atomic E-state index is -0.992. The van der Waals surface area contributed by atoms with E-state index in [9.17, 15) is 9.90 Å². The SMILES string of the molecule is Br.C=CCN1CC[C@]23c4c5ccc(O)c4O[C@@]2(C)C(=O)CC[C@@]3(OCCC)[C@H]1C5. The predicted octanol–water partition coefficient (Wildman–Crippen LogP) is 3.70. The highest BCUT2D eigenvalue weighted by Crippen LogP contribution is 2.69. The molecule has 1 saturated heterocycles. The summed E-state index contributed by atoms with van der Waals surface area (Å²) in [4.78, 5) is 15.8. The molecule has 1 aromatic carbocycles. The van der Waals surface area contributed by atoms with Gasteiger partial charge in [-0.2, -0.15) is 0 Å². The van der Waals surface area contributed by atoms with E-state index in [0.29, 0.717) is 25.2 Å². The summed E-state index contributed by atoms with van der Waals surface area (Å²) in [6, 6.07) is 3.90. The largest absolute Gasteiger partial charge is 0.504 e. The Balaban J connectivity index is 0.00000205. The first kappa shape index (κ1) is 20.9. The van der Waals surface area contributed by atoms with Crippen LogP contribution in [0, 0.1) is 0 Å². The first-order valence-corrected chi connectivity index (χ1v) is 10.5. The Kier molecular flexibility index (Phi) is 4.91. The topological polar surface area (TPSA) is 59.0 Å². The Labute approximate surface area is 182 Å². The van der Waals surface area contributed by atoms with Gasteiger partial charge >= 0.3 is 0 Å². The molecule has 2 heterocycles. The van der Waals surface area contributed by atoms with Gasteiger partial charge in [0.05, 0.1) is 11.0 Å². The number of phenols is 1. The summed E-state index contributed by atoms with van der Waals surface area (Å²) in [6.45, 7) is 10.4. The lowest BCUT2D eigenvalue weighted by atomic mass is 9.45. The fourth-order valence-electron chi connectivity index (χ4n) is 6.80. The van der Waals surface area contributed by atoms with Crippen LogP contribution in [0.15, 0.2) is 24.8 Å². The predicted molar refractivity (Wildman–Crippen MR) is 116 cm³/mol. The number of piperidine rings is 1. The molecule has 2 bridgehead atoms. The molecule has 0 unspecified atom stereocenters. The van der Waals surface area contributed by atoms with Gasteiger partial charge in [0.15, 0.2) is 22.9 Å². The van der Waals surface area contributed by atoms with Crippen LogP contribution in [0.3, 0.4) is 0 Å². The molecule has 2 fully saturated rings. The maximum absolute atomic E-state index is 13.3. The van der Waals surface area contributed by atoms with Crippen LogP contribution in [0.5, 0.6) is 11.5 Å². The molecule has 4 aliphatic rings. The van der Waals surface area contributed by atoms with Crippen molar-refractivity contribution < 1.29 is 19.4 Å². The summed E-state index contributed by atoms with van der Waals surface area (Å²) in [5.41, 5.74) is 0.191. The molecule has 2 aliphatic carbocycles. The van der Waals surface area contributed by atoms with Crippen molar-refractivity contribution in [2.45, 2.75) is 68.6 Å². The van der Waals surface area contributed by atoms with Gasteiger partial charge in [0, 0.05) is 37.7 Å². The number of hydrogen-bond donors (Lipinski definition) is 1. The number of benzene rings is 1. The van der Waals surface area contributed by atoms with Gasteiger partial charge in [0.25, 0.3) is 0 Å². The summed E-state index contributed by atoms with van der Waals surface area (Å²) in [5, 5.41) is 10.6. The number of ketones is 1. The maximum atomic E-state index is 13.3. The second-order valence-electron chi connectivity index (χ2n) is 8.90. The molecule has 5 rings (SSSR count). The standard InChI is InChI=1S/C23H29NO4.BrH/c1-4-11-24-12-10-22-19-15-6-7-16(25)20(19)28-21(22,3)18(26)8-9-23(22,17(24)14-15)27-13-5-2;/h4,6-7,17,25H,1,5,8-14H2,2-3H3;1H/t17-,21+,22+,23-;/m1./s1. The van der Waals surface area contributed by atoms with Gasteiger partial charge in [-0.15, -0.1) is 23.6 Å². The van der Waals surface area contributed by atoms with Crippen LogP contribution in [-0.4, -0.2) is 52.7 Å². The number of phenolic OH excluding ortho intramolecular Hbond substituents is 1. The van der Waals surface area contributed by atoms with Crippen LogP contribution in [-0.2, 0) is 21.4 Å². The van der Waals surface area contributed by atoms with Crippen molar-refractivity contribution in [2.75, 3.05) is 19.7 Å². The molecule has 1 N–H and O–H groups in total. The number of Topliss-reactive ketones (excluding diaryl/α,β-unsaturated/α-hetero) is 1. The first-order chi connectivity index (χ1) is 13.4. The molecule has 5 nitrogen and oxygen atoms in total. The molecule has 29 heavy (non-hydrogen) atoms. The Morgan fingerprint density at radius 3 is 2.93 bits per heavy atom. The Morgan fingerprint density at radius 1 is 1.41 bits per heavy atom. The number of halogens is 1. The zero-order valence-corrected chi connectivity index (χ0v) is 18.9. The van der Waals surface area contributed by atoms with E-state index in [-0.39, 0.29) is 34.6 Å². The lowest BCUT2D eigenvalue weighted by Crippen LogP contribution is -2.80. The van der Waals surface area contributed by atoms with E-state index in [0.717, 1.165) is 37.9 Å². The minimum Gasteiger partial charge on any atom is -0.504 e. The molecule has 4 atom stereocenters. The van der Waals surface area contributed by atoms with E-state index < -0.39 is 16.6 Å². The summed E-state index contributed by atoms with van der Waals surface area (Å²) < 4.78 is 13.2. The average molecular weight is 464 g/mol. The van der Waals surface area contributed by atoms with E-state index in [2.05, 4.69) is 18.4 Å². The van der Waals surface area contributed by atoms with Crippen molar-refractivity contribution in [3.8, 4) is 11.5 Å². The van der Waals surface area contributed by atoms with Crippen LogP contribution >= 0.6 is 17.0 Å². The van der Waals surface area contributed by atoms with Gasteiger partial charge in [-0.25, -0.2) is 0 Å². The first-order valence-electron chi connectivity index (χ1n) is 10.5. The van der Waals surface area contributed by atoms with Crippen molar-refractivity contribution in [1.82, 2.24) is 4.90 Å². The highest BCUT2D eigenvalue weighted by molar-refractivity contribution is 8.93. The lowest BCUT2D eigenvalue weighted by molar-refractivity contribution is -0.229. The monoisotopic (exact) mass is 463 g/mol. The number of hydrogen-bond acceptors (Lipinski definition) is 5. The number of aromatic hydroxyl groups is 1. The van der Waals surface area contributed by atoms with E-state index in [1.807, 2.05) is 19.1 Å². The molecule has 1 spiro atoms. The van der Waals surface area contributed by atoms with Crippen LogP contribution in [0.2, 0.25) is 0 Å². The van der Waals surface area contributed by atoms with Crippen LogP contribution < -0.4 is 4.74 Å². The molecule has 6 heteroatoms. The molecular weight excluding hydrogens is 434 g/mol. The fraction of sp³-hybridized carbons (Fsp3) is 0.609. The molecule has 2 aliphatic heterocycles. The van der Waals surface area contributed by atoms with Gasteiger partial charge in [-0.3, -0.25) is 9.69 Å². The second-order valence-corrected chi connectivity index (χ2v) is 8.90. The van der Waals surface area contributed by atoms with Crippen LogP contribution in [0.25, 0.3) is 0 Å². The lowest BCUT2D eigenvalue weighted by Gasteiger charge is -2.66. The number of carbonyl (C=O) groups is 1. The summed E-state index contributed by atoms with van der Waals surface area (Å²) in [6.07, 6.45) is 5.67. The molecule has 158 valence electrons. The Bertz CT molecular complexity index is 873. The van der Waals surface area contributed by atoms with Crippen molar-refractivity contribution in [3.63, 3.8) is 0 Å². The fourth-order valence-corrected chi connectivity index (χ4v) is 6.80. The molecule has 1 aromatic rings. The third-order valence-corrected chi connectivity index (χ3v) is 7.84. The number of ether oxygens (including phenoxy) is 2. The average Bonchev–Trinajstić information content (AvgIpc) is 2.96. The van der Waals surface area contributed by atoms with E-state index in [1.54, 1.807) is 6.07 Å². The van der Waals surface area contributed by atoms with Crippen molar-refractivity contribution in [3.05, 3.63) is 35.9 Å². The second kappa shape index (κ2) is 6.82. The normalized spacial score (nSPS) is 36.8. The van der Waals surface area contributed by atoms with E-state index in [1.165, 1.54) is 5.56 Å². The van der Waals surface area contributed by atoms with E-state index in [4.69, 9.17) is 9.47 Å². The number of nitrogens with zero attached hydrogens (tertiary/aromatic N) is 1. The van der Waals surface area contributed by atoms with Gasteiger partial charge in [0.1, 0.15) is 0 Å². The van der Waals surface area contributed by atoms with Gasteiger partial charge in [-0.1, -0.05) is 19.1 Å². The minimum absolute atomic E-state index is 0. The zero-order valence-electron chi connectivity index (χ0n) is 17.2. The summed E-state index contributed by atoms with van der Waals surface area (Å²) >= 11 is 0. The number of likely N-dealkylation sites (tertiary alicyclic amines) is 1. The third kappa shape index (κ3) is 2.26. The Morgan fingerprint density at radius 2 is 2.21 bits per heavy atom. The molecular formula is C23H30BrNO4. The van der Waals surface area contributed by atoms with Crippen LogP contribution in [0.1, 0.15) is 50.7 Å². The van der Waals surface area contributed by atoms with Gasteiger partial charge in [0.2, 0.25) is 0 Å². The maximum Gasteiger partial charge on any atom is 0.177 e. The highest BCUT2D eigenvalue weighted by atomic mass is 79.9.